The van der Waals surface area contributed by atoms with Crippen LogP contribution in [0.1, 0.15) is 15.9 Å². The van der Waals surface area contributed by atoms with Crippen LogP contribution in [0, 0.1) is 6.92 Å². The smallest absolute Gasteiger partial charge is 0.153 e. The van der Waals surface area contributed by atoms with Crippen LogP contribution in [0.3, 0.4) is 0 Å². The number of benzene rings is 2. The van der Waals surface area contributed by atoms with Crippen molar-refractivity contribution in [1.82, 2.24) is 0 Å². The molecular formula is C14H9O2. The average molecular weight is 209 g/mol. The Kier molecular flexibility index (Phi) is 2.73. The van der Waals surface area contributed by atoms with Crippen molar-refractivity contribution in [3.63, 3.8) is 0 Å². The summed E-state index contributed by atoms with van der Waals surface area (Å²) in [5.41, 5.74) is 2.07. The number of phenols is 1. The van der Waals surface area contributed by atoms with E-state index in [-0.39, 0.29) is 11.3 Å². The predicted molar refractivity (Wildman–Crippen MR) is 61.3 cm³/mol. The fourth-order valence-corrected chi connectivity index (χ4v) is 1.54. The standard InChI is InChI=1S/C14H9O2/c1-10-5-7-11(8-6-10)13-4-2-3-12(9-15)14(13)16/h2-9,16H. The Bertz CT molecular complexity index is 513. The lowest BCUT2D eigenvalue weighted by atomic mass is 10.0. The second-order valence-corrected chi connectivity index (χ2v) is 3.44. The monoisotopic (exact) mass is 209 g/mol. The van der Waals surface area contributed by atoms with Gasteiger partial charge in [0.05, 0.1) is 5.56 Å². The van der Waals surface area contributed by atoms with Gasteiger partial charge in [-0.15, -0.1) is 0 Å². The summed E-state index contributed by atoms with van der Waals surface area (Å²) in [6, 6.07) is 11.8. The zero-order valence-electron chi connectivity index (χ0n) is 8.47. The van der Waals surface area contributed by atoms with Gasteiger partial charge in [-0.25, -0.2) is 0 Å². The summed E-state index contributed by atoms with van der Waals surface area (Å²) in [5.74, 6) is -0.0183. The van der Waals surface area contributed by atoms with Gasteiger partial charge in [-0.3, -0.25) is 4.79 Å². The van der Waals surface area contributed by atoms with Gasteiger partial charge in [-0.1, -0.05) is 36.4 Å². The Balaban J connectivity index is 2.56. The number of aldehydes is 1. The van der Waals surface area contributed by atoms with E-state index in [9.17, 15) is 9.90 Å². The molecule has 1 N–H and O–H groups in total. The van der Waals surface area contributed by atoms with Crippen molar-refractivity contribution in [2.24, 2.45) is 0 Å². The minimum Gasteiger partial charge on any atom is -0.507 e. The second-order valence-electron chi connectivity index (χ2n) is 3.44. The van der Waals surface area contributed by atoms with Crippen molar-refractivity contribution >= 4 is 6.29 Å². The molecule has 2 aromatic carbocycles. The molecular weight excluding hydrogens is 200 g/mol. The van der Waals surface area contributed by atoms with Crippen LogP contribution in [-0.2, 0) is 0 Å². The van der Waals surface area contributed by atoms with Crippen molar-refractivity contribution in [2.45, 2.75) is 0 Å². The van der Waals surface area contributed by atoms with Gasteiger partial charge in [0, 0.05) is 12.5 Å². The van der Waals surface area contributed by atoms with Crippen molar-refractivity contribution in [1.29, 1.82) is 0 Å². The third kappa shape index (κ3) is 1.82. The first-order valence-electron chi connectivity index (χ1n) is 4.81. The van der Waals surface area contributed by atoms with E-state index in [1.165, 1.54) is 0 Å². The quantitative estimate of drug-likeness (QED) is 0.772. The Morgan fingerprint density at radius 2 is 1.75 bits per heavy atom. The molecule has 2 nitrogen and oxygen atoms in total. The molecule has 0 fully saturated rings. The van der Waals surface area contributed by atoms with E-state index < -0.39 is 0 Å². The lowest BCUT2D eigenvalue weighted by molar-refractivity contribution is 0.112. The highest BCUT2D eigenvalue weighted by molar-refractivity contribution is 5.85. The molecule has 0 aliphatic rings. The molecule has 2 aromatic rings. The first kappa shape index (κ1) is 10.4. The number of para-hydroxylation sites is 1. The third-order valence-electron chi connectivity index (χ3n) is 2.39. The summed E-state index contributed by atoms with van der Waals surface area (Å²) in [4.78, 5) is 10.7. The van der Waals surface area contributed by atoms with E-state index in [0.29, 0.717) is 17.4 Å². The molecule has 0 saturated heterocycles. The summed E-state index contributed by atoms with van der Waals surface area (Å²) < 4.78 is 0. The first-order valence-corrected chi connectivity index (χ1v) is 4.81. The summed E-state index contributed by atoms with van der Waals surface area (Å²) in [6.45, 7) is 7.37. The molecule has 0 aromatic heterocycles. The van der Waals surface area contributed by atoms with E-state index >= 15 is 0 Å². The molecule has 3 radical (unpaired) electrons. The molecule has 2 rings (SSSR count). The SMILES string of the molecule is [C]c1ccc(-c2cccc(C=O)c2O)cc1. The van der Waals surface area contributed by atoms with Crippen molar-refractivity contribution in [3.05, 3.63) is 60.5 Å². The van der Waals surface area contributed by atoms with E-state index in [0.717, 1.165) is 5.56 Å². The molecule has 0 amide bonds. The van der Waals surface area contributed by atoms with Crippen LogP contribution in [-0.4, -0.2) is 11.4 Å². The highest BCUT2D eigenvalue weighted by Crippen LogP contribution is 2.31. The molecule has 0 atom stereocenters. The summed E-state index contributed by atoms with van der Waals surface area (Å²) in [7, 11) is 0. The molecule has 0 aliphatic heterocycles. The summed E-state index contributed by atoms with van der Waals surface area (Å²) in [5, 5.41) is 9.83. The van der Waals surface area contributed by atoms with E-state index in [4.69, 9.17) is 6.92 Å². The number of aromatic hydroxyl groups is 1. The normalized spacial score (nSPS) is 10.1. The van der Waals surface area contributed by atoms with Crippen LogP contribution in [0.15, 0.2) is 42.5 Å². The molecule has 0 unspecified atom stereocenters. The van der Waals surface area contributed by atoms with E-state index in [1.807, 2.05) is 0 Å². The third-order valence-corrected chi connectivity index (χ3v) is 2.39. The largest absolute Gasteiger partial charge is 0.507 e. The van der Waals surface area contributed by atoms with Gasteiger partial charge in [0.1, 0.15) is 5.75 Å². The Morgan fingerprint density at radius 1 is 1.06 bits per heavy atom. The highest BCUT2D eigenvalue weighted by atomic mass is 16.3. The molecule has 0 heterocycles. The maximum absolute atomic E-state index is 10.7. The molecule has 0 spiro atoms. The Labute approximate surface area is 94.2 Å². The average Bonchev–Trinajstić information content (AvgIpc) is 2.31. The number of carbonyl (C=O) groups is 1. The summed E-state index contributed by atoms with van der Waals surface area (Å²) in [6.07, 6.45) is 0.623. The molecule has 0 saturated carbocycles. The van der Waals surface area contributed by atoms with E-state index in [1.54, 1.807) is 42.5 Å². The molecule has 77 valence electrons. The lowest BCUT2D eigenvalue weighted by Crippen LogP contribution is -1.85. The fourth-order valence-electron chi connectivity index (χ4n) is 1.54. The lowest BCUT2D eigenvalue weighted by Gasteiger charge is -2.06. The number of carbonyl (C=O) groups excluding carboxylic acids is 1. The van der Waals surface area contributed by atoms with Crippen molar-refractivity contribution < 1.29 is 9.90 Å². The second kappa shape index (κ2) is 4.19. The molecule has 0 aliphatic carbocycles. The highest BCUT2D eigenvalue weighted by Gasteiger charge is 2.07. The van der Waals surface area contributed by atoms with Gasteiger partial charge in [0.15, 0.2) is 6.29 Å². The Hall–Kier alpha value is -2.09. The maximum atomic E-state index is 10.7. The van der Waals surface area contributed by atoms with Gasteiger partial charge in [-0.05, 0) is 17.2 Å². The zero-order chi connectivity index (χ0) is 11.5. The van der Waals surface area contributed by atoms with Crippen LogP contribution in [0.5, 0.6) is 5.75 Å². The first-order chi connectivity index (χ1) is 7.72. The van der Waals surface area contributed by atoms with E-state index in [2.05, 4.69) is 0 Å². The molecule has 2 heteroatoms. The van der Waals surface area contributed by atoms with Crippen LogP contribution >= 0.6 is 0 Å². The zero-order valence-corrected chi connectivity index (χ0v) is 8.47. The van der Waals surface area contributed by atoms with Crippen LogP contribution in [0.25, 0.3) is 11.1 Å². The van der Waals surface area contributed by atoms with Crippen LogP contribution in [0.4, 0.5) is 0 Å². The minimum atomic E-state index is -0.0183. The van der Waals surface area contributed by atoms with Crippen LogP contribution in [0.2, 0.25) is 0 Å². The maximum Gasteiger partial charge on any atom is 0.153 e. The van der Waals surface area contributed by atoms with Gasteiger partial charge >= 0.3 is 0 Å². The number of hydrogen-bond donors (Lipinski definition) is 1. The number of phenolic OH excluding ortho intramolecular Hbond substituents is 1. The number of hydrogen-bond acceptors (Lipinski definition) is 2. The minimum absolute atomic E-state index is 0.0183. The molecule has 0 bridgehead atoms. The Morgan fingerprint density at radius 3 is 2.38 bits per heavy atom. The summed E-state index contributed by atoms with van der Waals surface area (Å²) >= 11 is 0. The molecule has 16 heavy (non-hydrogen) atoms. The van der Waals surface area contributed by atoms with Gasteiger partial charge in [0.2, 0.25) is 0 Å². The fraction of sp³-hybridized carbons (Fsp3) is 0. The van der Waals surface area contributed by atoms with Gasteiger partial charge in [-0.2, -0.15) is 0 Å². The topological polar surface area (TPSA) is 37.3 Å². The van der Waals surface area contributed by atoms with Gasteiger partial charge in [0.25, 0.3) is 0 Å². The number of rotatable bonds is 2. The van der Waals surface area contributed by atoms with Crippen molar-refractivity contribution in [3.8, 4) is 16.9 Å². The predicted octanol–water partition coefficient (Wildman–Crippen LogP) is 2.81. The van der Waals surface area contributed by atoms with Crippen LogP contribution < -0.4 is 0 Å². The van der Waals surface area contributed by atoms with Crippen molar-refractivity contribution in [2.75, 3.05) is 0 Å². The van der Waals surface area contributed by atoms with Gasteiger partial charge < -0.3 is 5.11 Å².